The average Bonchev–Trinajstić information content (AvgIpc) is 3.33. The summed E-state index contributed by atoms with van der Waals surface area (Å²) in [4.78, 5) is 56.9. The zero-order chi connectivity index (χ0) is 23.7. The first kappa shape index (κ1) is 21.8. The molecule has 1 aliphatic heterocycles. The number of ether oxygens (including phenoxy) is 1. The molecule has 2 heterocycles. The zero-order valence-electron chi connectivity index (χ0n) is 18.5. The molecule has 2 amide bonds. The van der Waals surface area contributed by atoms with E-state index in [1.54, 1.807) is 48.5 Å². The fourth-order valence-corrected chi connectivity index (χ4v) is 4.88. The summed E-state index contributed by atoms with van der Waals surface area (Å²) in [6.07, 6.45) is 4.11. The molecule has 2 aliphatic rings. The lowest BCUT2D eigenvalue weighted by Crippen LogP contribution is -2.61. The predicted octanol–water partition coefficient (Wildman–Crippen LogP) is 2.63. The normalized spacial score (nSPS) is 16.4. The molecule has 1 N–H and O–H groups in total. The van der Waals surface area contributed by atoms with Crippen molar-refractivity contribution in [3.63, 3.8) is 0 Å². The van der Waals surface area contributed by atoms with Gasteiger partial charge in [-0.05, 0) is 37.1 Å². The van der Waals surface area contributed by atoms with Crippen molar-refractivity contribution < 1.29 is 19.1 Å². The summed E-state index contributed by atoms with van der Waals surface area (Å²) in [6.45, 7) is -0.393. The molecule has 34 heavy (non-hydrogen) atoms. The van der Waals surface area contributed by atoms with Crippen molar-refractivity contribution in [3.05, 3.63) is 65.2 Å². The number of hydrogen-bond donors (Lipinski definition) is 1. The highest BCUT2D eigenvalue weighted by atomic mass is 16.5. The van der Waals surface area contributed by atoms with Gasteiger partial charge in [0.15, 0.2) is 6.61 Å². The van der Waals surface area contributed by atoms with Crippen LogP contribution in [-0.2, 0) is 25.7 Å². The van der Waals surface area contributed by atoms with Crippen LogP contribution in [0.15, 0.2) is 59.7 Å². The van der Waals surface area contributed by atoms with Gasteiger partial charge in [0, 0.05) is 6.54 Å². The van der Waals surface area contributed by atoms with Gasteiger partial charge >= 0.3 is 5.97 Å². The zero-order valence-corrected chi connectivity index (χ0v) is 18.5. The molecule has 9 nitrogen and oxygen atoms in total. The van der Waals surface area contributed by atoms with Crippen LogP contribution in [0.2, 0.25) is 0 Å². The Morgan fingerprint density at radius 1 is 1.03 bits per heavy atom. The van der Waals surface area contributed by atoms with Gasteiger partial charge in [-0.1, -0.05) is 37.1 Å². The van der Waals surface area contributed by atoms with Crippen molar-refractivity contribution in [1.82, 2.24) is 9.55 Å². The van der Waals surface area contributed by atoms with Gasteiger partial charge in [-0.2, -0.15) is 0 Å². The summed E-state index contributed by atoms with van der Waals surface area (Å²) in [5, 5.41) is 3.39. The predicted molar refractivity (Wildman–Crippen MR) is 125 cm³/mol. The lowest BCUT2D eigenvalue weighted by Gasteiger charge is -2.44. The molecular formula is C25H24N4O5. The number of benzene rings is 2. The number of nitrogens with zero attached hydrogens (tertiary/aromatic N) is 3. The number of fused-ring (bicyclic) bond motifs is 2. The summed E-state index contributed by atoms with van der Waals surface area (Å²) < 4.78 is 6.61. The highest BCUT2D eigenvalue weighted by Gasteiger charge is 2.52. The second kappa shape index (κ2) is 8.74. The fourth-order valence-electron chi connectivity index (χ4n) is 4.88. The van der Waals surface area contributed by atoms with E-state index in [9.17, 15) is 19.2 Å². The maximum Gasteiger partial charge on any atom is 0.308 e. The van der Waals surface area contributed by atoms with E-state index in [-0.39, 0.29) is 24.4 Å². The number of amides is 2. The Kier molecular flexibility index (Phi) is 5.61. The van der Waals surface area contributed by atoms with E-state index in [2.05, 4.69) is 10.3 Å². The molecule has 5 rings (SSSR count). The monoisotopic (exact) mass is 460 g/mol. The summed E-state index contributed by atoms with van der Waals surface area (Å²) in [7, 11) is 0. The molecule has 0 unspecified atom stereocenters. The van der Waals surface area contributed by atoms with Crippen LogP contribution in [0.25, 0.3) is 10.9 Å². The third-order valence-corrected chi connectivity index (χ3v) is 6.57. The molecule has 1 spiro atoms. The van der Waals surface area contributed by atoms with Crippen LogP contribution >= 0.6 is 0 Å². The number of rotatable bonds is 5. The number of anilines is 2. The topological polar surface area (TPSA) is 111 Å². The van der Waals surface area contributed by atoms with E-state index in [0.29, 0.717) is 35.1 Å². The molecule has 9 heteroatoms. The number of aromatic nitrogens is 2. The van der Waals surface area contributed by atoms with E-state index in [1.807, 2.05) is 0 Å². The lowest BCUT2D eigenvalue weighted by molar-refractivity contribution is -0.148. The van der Waals surface area contributed by atoms with Crippen molar-refractivity contribution in [2.45, 2.75) is 44.2 Å². The Balaban J connectivity index is 1.27. The summed E-state index contributed by atoms with van der Waals surface area (Å²) in [6, 6.07) is 14.1. The SMILES string of the molecule is O=C(CCn1cnc2ccccc2c1=O)OCC(=O)N1c2ccccc2NC(=O)C12CCCC2. The minimum atomic E-state index is -0.956. The van der Waals surface area contributed by atoms with Crippen LogP contribution in [0.4, 0.5) is 11.4 Å². The van der Waals surface area contributed by atoms with Crippen LogP contribution in [0.3, 0.4) is 0 Å². The summed E-state index contributed by atoms with van der Waals surface area (Å²) in [5.41, 5.74) is 0.561. The maximum atomic E-state index is 13.3. The van der Waals surface area contributed by atoms with Crippen molar-refractivity contribution in [2.75, 3.05) is 16.8 Å². The first-order chi connectivity index (χ1) is 16.5. The second-order valence-corrected chi connectivity index (χ2v) is 8.61. The molecule has 0 saturated heterocycles. The van der Waals surface area contributed by atoms with Gasteiger partial charge in [0.1, 0.15) is 5.54 Å². The third kappa shape index (κ3) is 3.72. The first-order valence-electron chi connectivity index (χ1n) is 11.3. The van der Waals surface area contributed by atoms with E-state index in [1.165, 1.54) is 15.8 Å². The van der Waals surface area contributed by atoms with E-state index < -0.39 is 24.0 Å². The lowest BCUT2D eigenvalue weighted by atomic mass is 9.90. The highest BCUT2D eigenvalue weighted by molar-refractivity contribution is 6.15. The van der Waals surface area contributed by atoms with Gasteiger partial charge in [-0.25, -0.2) is 4.98 Å². The van der Waals surface area contributed by atoms with Crippen molar-refractivity contribution in [2.24, 2.45) is 0 Å². The highest BCUT2D eigenvalue weighted by Crippen LogP contribution is 2.45. The van der Waals surface area contributed by atoms with Crippen molar-refractivity contribution in [1.29, 1.82) is 0 Å². The van der Waals surface area contributed by atoms with E-state index in [0.717, 1.165) is 12.8 Å². The number of carbonyl (C=O) groups is 3. The van der Waals surface area contributed by atoms with Gasteiger partial charge in [-0.15, -0.1) is 0 Å². The van der Waals surface area contributed by atoms with Gasteiger partial charge in [-0.3, -0.25) is 28.6 Å². The molecule has 1 aromatic heterocycles. The Bertz CT molecular complexity index is 1340. The average molecular weight is 460 g/mol. The number of para-hydroxylation sites is 3. The van der Waals surface area contributed by atoms with E-state index >= 15 is 0 Å². The Morgan fingerprint density at radius 2 is 1.76 bits per heavy atom. The van der Waals surface area contributed by atoms with Crippen LogP contribution in [0, 0.1) is 0 Å². The maximum absolute atomic E-state index is 13.3. The van der Waals surface area contributed by atoms with Crippen molar-refractivity contribution in [3.8, 4) is 0 Å². The van der Waals surface area contributed by atoms with Gasteiger partial charge in [0.05, 0.1) is 35.0 Å². The second-order valence-electron chi connectivity index (χ2n) is 8.61. The minimum Gasteiger partial charge on any atom is -0.455 e. The van der Waals surface area contributed by atoms with E-state index in [4.69, 9.17) is 4.74 Å². The van der Waals surface area contributed by atoms with Crippen LogP contribution in [-0.4, -0.2) is 39.5 Å². The minimum absolute atomic E-state index is 0.0859. The molecule has 0 bridgehead atoms. The third-order valence-electron chi connectivity index (χ3n) is 6.57. The molecule has 1 fully saturated rings. The Labute approximate surface area is 195 Å². The molecule has 3 aromatic rings. The number of aryl methyl sites for hydroxylation is 1. The fraction of sp³-hybridized carbons (Fsp3) is 0.320. The first-order valence-corrected chi connectivity index (χ1v) is 11.3. The summed E-state index contributed by atoms with van der Waals surface area (Å²) >= 11 is 0. The van der Waals surface area contributed by atoms with Crippen molar-refractivity contribution >= 4 is 40.1 Å². The molecule has 1 aliphatic carbocycles. The molecule has 1 saturated carbocycles. The van der Waals surface area contributed by atoms with Gasteiger partial charge < -0.3 is 10.1 Å². The largest absolute Gasteiger partial charge is 0.455 e. The number of hydrogen-bond acceptors (Lipinski definition) is 6. The molecule has 0 atom stereocenters. The molecule has 0 radical (unpaired) electrons. The quantitative estimate of drug-likeness (QED) is 0.586. The van der Waals surface area contributed by atoms with Gasteiger partial charge in [0.2, 0.25) is 0 Å². The van der Waals surface area contributed by atoms with Crippen LogP contribution < -0.4 is 15.8 Å². The Morgan fingerprint density at radius 3 is 2.59 bits per heavy atom. The molecule has 2 aromatic carbocycles. The smallest absolute Gasteiger partial charge is 0.308 e. The van der Waals surface area contributed by atoms with Crippen LogP contribution in [0.1, 0.15) is 32.1 Å². The number of nitrogens with one attached hydrogen (secondary N) is 1. The summed E-state index contributed by atoms with van der Waals surface area (Å²) in [5.74, 6) is -1.25. The van der Waals surface area contributed by atoms with Gasteiger partial charge in [0.25, 0.3) is 17.4 Å². The van der Waals surface area contributed by atoms with Crippen LogP contribution in [0.5, 0.6) is 0 Å². The molecular weight excluding hydrogens is 436 g/mol. The molecule has 174 valence electrons. The Hall–Kier alpha value is -4.01. The number of esters is 1. The standard InChI is InChI=1S/C25H24N4O5/c30-21(29-20-10-4-3-9-19(20)27-24(33)25(29)12-5-6-13-25)15-34-22(31)11-14-28-16-26-18-8-2-1-7-17(18)23(28)32/h1-4,7-10,16H,5-6,11-15H2,(H,27,33). The number of carbonyl (C=O) groups excluding carboxylic acids is 3.